The van der Waals surface area contributed by atoms with Crippen LogP contribution in [-0.2, 0) is 4.79 Å². The average Bonchev–Trinajstić information content (AvgIpc) is 2.42. The van der Waals surface area contributed by atoms with Crippen LogP contribution in [0.15, 0.2) is 42.5 Å². The molecule has 0 radical (unpaired) electrons. The quantitative estimate of drug-likeness (QED) is 0.769. The van der Waals surface area contributed by atoms with Crippen LogP contribution in [0.2, 0.25) is 0 Å². The van der Waals surface area contributed by atoms with Crippen LogP contribution in [0, 0.1) is 5.41 Å². The normalized spacial score (nSPS) is 11.6. The minimum atomic E-state index is -0.371. The summed E-state index contributed by atoms with van der Waals surface area (Å²) in [5.74, 6) is 0.167. The van der Waals surface area contributed by atoms with Gasteiger partial charge in [-0.3, -0.25) is 9.59 Å². The number of benzene rings is 2. The van der Waals surface area contributed by atoms with Crippen LogP contribution >= 0.6 is 0 Å². The topological polar surface area (TPSA) is 34.1 Å². The summed E-state index contributed by atoms with van der Waals surface area (Å²) < 4.78 is 0. The molecule has 0 saturated heterocycles. The lowest BCUT2D eigenvalue weighted by molar-refractivity contribution is -0.126. The van der Waals surface area contributed by atoms with Gasteiger partial charge in [-0.1, -0.05) is 57.2 Å². The van der Waals surface area contributed by atoms with Gasteiger partial charge >= 0.3 is 0 Å². The van der Waals surface area contributed by atoms with Crippen LogP contribution in [0.1, 0.15) is 44.0 Å². The molecule has 2 nitrogen and oxygen atoms in total. The highest BCUT2D eigenvalue weighted by molar-refractivity contribution is 6.01. The van der Waals surface area contributed by atoms with Crippen LogP contribution in [0.25, 0.3) is 10.8 Å². The van der Waals surface area contributed by atoms with E-state index in [0.29, 0.717) is 12.0 Å². The standard InChI is InChI=1S/C18H20O2/c1-18(2,3)17(20)11-10-16(19)15-9-8-13-6-4-5-7-14(13)12-15/h4-9,12H,10-11H2,1-3H3. The molecule has 2 rings (SSSR count). The van der Waals surface area contributed by atoms with Crippen molar-refractivity contribution in [3.8, 4) is 0 Å². The van der Waals surface area contributed by atoms with E-state index in [1.807, 2.05) is 63.2 Å². The number of hydrogen-bond donors (Lipinski definition) is 0. The summed E-state index contributed by atoms with van der Waals surface area (Å²) in [6.45, 7) is 5.65. The van der Waals surface area contributed by atoms with E-state index in [2.05, 4.69) is 0 Å². The van der Waals surface area contributed by atoms with Gasteiger partial charge < -0.3 is 0 Å². The molecule has 0 bridgehead atoms. The summed E-state index contributed by atoms with van der Waals surface area (Å²) in [7, 11) is 0. The van der Waals surface area contributed by atoms with Gasteiger partial charge in [0.2, 0.25) is 0 Å². The summed E-state index contributed by atoms with van der Waals surface area (Å²) in [6.07, 6.45) is 0.601. The lowest BCUT2D eigenvalue weighted by Crippen LogP contribution is -2.20. The lowest BCUT2D eigenvalue weighted by Gasteiger charge is -2.15. The molecule has 0 unspecified atom stereocenters. The first-order valence-corrected chi connectivity index (χ1v) is 6.93. The second-order valence-electron chi connectivity index (χ2n) is 6.16. The van der Waals surface area contributed by atoms with Gasteiger partial charge in [-0.25, -0.2) is 0 Å². The van der Waals surface area contributed by atoms with Crippen molar-refractivity contribution < 1.29 is 9.59 Å². The Morgan fingerprint density at radius 2 is 1.55 bits per heavy atom. The molecule has 0 N–H and O–H groups in total. The highest BCUT2D eigenvalue weighted by atomic mass is 16.1. The SMILES string of the molecule is CC(C)(C)C(=O)CCC(=O)c1ccc2ccccc2c1. The zero-order chi connectivity index (χ0) is 14.8. The highest BCUT2D eigenvalue weighted by Gasteiger charge is 2.21. The van der Waals surface area contributed by atoms with Crippen LogP contribution in [0.5, 0.6) is 0 Å². The Morgan fingerprint density at radius 1 is 0.900 bits per heavy atom. The number of fused-ring (bicyclic) bond motifs is 1. The summed E-state index contributed by atoms with van der Waals surface area (Å²) in [4.78, 5) is 24.0. The van der Waals surface area contributed by atoms with E-state index >= 15 is 0 Å². The molecule has 0 aliphatic carbocycles. The van der Waals surface area contributed by atoms with Crippen molar-refractivity contribution in [1.29, 1.82) is 0 Å². The van der Waals surface area contributed by atoms with E-state index in [1.54, 1.807) is 0 Å². The van der Waals surface area contributed by atoms with E-state index in [-0.39, 0.29) is 23.4 Å². The summed E-state index contributed by atoms with van der Waals surface area (Å²) in [6, 6.07) is 13.6. The molecule has 2 aromatic rings. The maximum absolute atomic E-state index is 12.2. The number of rotatable bonds is 4. The molecular weight excluding hydrogens is 248 g/mol. The monoisotopic (exact) mass is 268 g/mol. The first kappa shape index (κ1) is 14.4. The average molecular weight is 268 g/mol. The Labute approximate surface area is 119 Å². The number of carbonyl (C=O) groups is 2. The van der Waals surface area contributed by atoms with Crippen molar-refractivity contribution in [2.75, 3.05) is 0 Å². The third kappa shape index (κ3) is 3.32. The van der Waals surface area contributed by atoms with Crippen molar-refractivity contribution >= 4 is 22.3 Å². The van der Waals surface area contributed by atoms with Crippen molar-refractivity contribution in [3.63, 3.8) is 0 Å². The molecule has 0 heterocycles. The Hall–Kier alpha value is -1.96. The minimum Gasteiger partial charge on any atom is -0.299 e. The first-order valence-electron chi connectivity index (χ1n) is 6.93. The van der Waals surface area contributed by atoms with Crippen molar-refractivity contribution in [3.05, 3.63) is 48.0 Å². The predicted octanol–water partition coefficient (Wildman–Crippen LogP) is 4.42. The molecule has 20 heavy (non-hydrogen) atoms. The van der Waals surface area contributed by atoms with Crippen molar-refractivity contribution in [2.45, 2.75) is 33.6 Å². The molecule has 0 spiro atoms. The number of Topliss-reactive ketones (excluding diaryl/α,β-unsaturated/α-hetero) is 2. The summed E-state index contributed by atoms with van der Waals surface area (Å²) in [5, 5.41) is 2.18. The van der Waals surface area contributed by atoms with Crippen LogP contribution in [-0.4, -0.2) is 11.6 Å². The maximum Gasteiger partial charge on any atom is 0.163 e. The molecule has 0 aliphatic rings. The van der Waals surface area contributed by atoms with Crippen LogP contribution in [0.3, 0.4) is 0 Å². The van der Waals surface area contributed by atoms with Gasteiger partial charge in [0.05, 0.1) is 0 Å². The first-order chi connectivity index (χ1) is 9.38. The second-order valence-corrected chi connectivity index (χ2v) is 6.16. The van der Waals surface area contributed by atoms with Gasteiger partial charge in [0, 0.05) is 23.8 Å². The van der Waals surface area contributed by atoms with Crippen LogP contribution in [0.4, 0.5) is 0 Å². The maximum atomic E-state index is 12.2. The van der Waals surface area contributed by atoms with Gasteiger partial charge in [-0.2, -0.15) is 0 Å². The molecule has 0 fully saturated rings. The van der Waals surface area contributed by atoms with Gasteiger partial charge in [-0.05, 0) is 16.8 Å². The number of ketones is 2. The molecule has 2 heteroatoms. The third-order valence-electron chi connectivity index (χ3n) is 3.49. The van der Waals surface area contributed by atoms with Gasteiger partial charge in [0.1, 0.15) is 5.78 Å². The van der Waals surface area contributed by atoms with Gasteiger partial charge in [0.25, 0.3) is 0 Å². The molecular formula is C18H20O2. The van der Waals surface area contributed by atoms with E-state index in [4.69, 9.17) is 0 Å². The molecule has 0 saturated carbocycles. The fraction of sp³-hybridized carbons (Fsp3) is 0.333. The Bertz CT molecular complexity index is 648. The molecule has 0 aliphatic heterocycles. The summed E-state index contributed by atoms with van der Waals surface area (Å²) in [5.41, 5.74) is 0.314. The number of hydrogen-bond acceptors (Lipinski definition) is 2. The molecule has 0 aromatic heterocycles. The van der Waals surface area contributed by atoms with Gasteiger partial charge in [-0.15, -0.1) is 0 Å². The summed E-state index contributed by atoms with van der Waals surface area (Å²) >= 11 is 0. The second kappa shape index (κ2) is 5.58. The van der Waals surface area contributed by atoms with Crippen LogP contribution < -0.4 is 0 Å². The fourth-order valence-corrected chi connectivity index (χ4v) is 2.11. The van der Waals surface area contributed by atoms with Gasteiger partial charge in [0.15, 0.2) is 5.78 Å². The minimum absolute atomic E-state index is 0.0355. The predicted molar refractivity (Wildman–Crippen MR) is 82.0 cm³/mol. The zero-order valence-electron chi connectivity index (χ0n) is 12.3. The highest BCUT2D eigenvalue weighted by Crippen LogP contribution is 2.20. The van der Waals surface area contributed by atoms with E-state index in [9.17, 15) is 9.59 Å². The Balaban J connectivity index is 2.10. The van der Waals surface area contributed by atoms with E-state index in [1.165, 1.54) is 0 Å². The van der Waals surface area contributed by atoms with Crippen molar-refractivity contribution in [1.82, 2.24) is 0 Å². The van der Waals surface area contributed by atoms with Crippen molar-refractivity contribution in [2.24, 2.45) is 5.41 Å². The molecule has 0 atom stereocenters. The molecule has 0 amide bonds. The Morgan fingerprint density at radius 3 is 2.20 bits per heavy atom. The Kier molecular flexibility index (Phi) is 4.03. The molecule has 2 aromatic carbocycles. The zero-order valence-corrected chi connectivity index (χ0v) is 12.3. The number of carbonyl (C=O) groups excluding carboxylic acids is 2. The molecule has 104 valence electrons. The van der Waals surface area contributed by atoms with E-state index < -0.39 is 0 Å². The van der Waals surface area contributed by atoms with E-state index in [0.717, 1.165) is 10.8 Å². The fourth-order valence-electron chi connectivity index (χ4n) is 2.11. The smallest absolute Gasteiger partial charge is 0.163 e. The lowest BCUT2D eigenvalue weighted by atomic mass is 9.87. The third-order valence-corrected chi connectivity index (χ3v) is 3.49. The largest absolute Gasteiger partial charge is 0.299 e.